The van der Waals surface area contributed by atoms with Gasteiger partial charge in [-0.15, -0.1) is 12.4 Å². The van der Waals surface area contributed by atoms with Crippen molar-refractivity contribution in [3.8, 4) is 0 Å². The van der Waals surface area contributed by atoms with Crippen LogP contribution in [-0.2, 0) is 4.79 Å². The standard InChI is InChI=1S/C16H25N3O.ClH/c1-13(14-7-4-3-5-8-14)18-16(20)12-19-10-6-9-15(11-19)17-2;/h3-5,7-8,13,15,17H,6,9-12H2,1-2H3,(H,18,20);1H. The number of nitrogens with zero attached hydrogens (tertiary/aromatic N) is 1. The molecule has 0 radical (unpaired) electrons. The van der Waals surface area contributed by atoms with E-state index >= 15 is 0 Å². The van der Waals surface area contributed by atoms with E-state index in [0.29, 0.717) is 12.6 Å². The van der Waals surface area contributed by atoms with Crippen LogP contribution in [-0.4, -0.2) is 43.5 Å². The molecule has 21 heavy (non-hydrogen) atoms. The maximum Gasteiger partial charge on any atom is 0.234 e. The first-order valence-electron chi connectivity index (χ1n) is 7.43. The van der Waals surface area contributed by atoms with Gasteiger partial charge in [0.25, 0.3) is 0 Å². The number of carbonyl (C=O) groups excluding carboxylic acids is 1. The Kier molecular flexibility index (Phi) is 7.72. The van der Waals surface area contributed by atoms with Crippen molar-refractivity contribution in [2.24, 2.45) is 0 Å². The van der Waals surface area contributed by atoms with Crippen LogP contribution in [0.15, 0.2) is 30.3 Å². The van der Waals surface area contributed by atoms with E-state index in [0.717, 1.165) is 25.1 Å². The van der Waals surface area contributed by atoms with Crippen LogP contribution in [0.1, 0.15) is 31.4 Å². The van der Waals surface area contributed by atoms with Crippen molar-refractivity contribution in [2.75, 3.05) is 26.7 Å². The van der Waals surface area contributed by atoms with Crippen molar-refractivity contribution in [3.05, 3.63) is 35.9 Å². The minimum absolute atomic E-state index is 0. The van der Waals surface area contributed by atoms with Crippen LogP contribution in [0.3, 0.4) is 0 Å². The summed E-state index contributed by atoms with van der Waals surface area (Å²) in [6, 6.07) is 10.7. The van der Waals surface area contributed by atoms with Gasteiger partial charge in [-0.25, -0.2) is 0 Å². The molecule has 0 aromatic heterocycles. The first-order chi connectivity index (χ1) is 9.69. The summed E-state index contributed by atoms with van der Waals surface area (Å²) in [5.74, 6) is 0.109. The summed E-state index contributed by atoms with van der Waals surface area (Å²) >= 11 is 0. The number of nitrogens with one attached hydrogen (secondary N) is 2. The highest BCUT2D eigenvalue weighted by Crippen LogP contribution is 2.12. The summed E-state index contributed by atoms with van der Waals surface area (Å²) in [5.41, 5.74) is 1.15. The number of halogens is 1. The highest BCUT2D eigenvalue weighted by Gasteiger charge is 2.20. The highest BCUT2D eigenvalue weighted by atomic mass is 35.5. The fourth-order valence-electron chi connectivity index (χ4n) is 2.75. The molecular weight excluding hydrogens is 286 g/mol. The Balaban J connectivity index is 0.00000220. The zero-order chi connectivity index (χ0) is 14.4. The quantitative estimate of drug-likeness (QED) is 0.874. The Morgan fingerprint density at radius 2 is 2.10 bits per heavy atom. The van der Waals surface area contributed by atoms with Gasteiger partial charge in [0.1, 0.15) is 0 Å². The van der Waals surface area contributed by atoms with Gasteiger partial charge in [0.05, 0.1) is 12.6 Å². The predicted molar refractivity (Wildman–Crippen MR) is 88.8 cm³/mol. The highest BCUT2D eigenvalue weighted by molar-refractivity contribution is 5.85. The second-order valence-electron chi connectivity index (χ2n) is 5.56. The lowest BCUT2D eigenvalue weighted by molar-refractivity contribution is -0.123. The summed E-state index contributed by atoms with van der Waals surface area (Å²) in [5, 5.41) is 6.38. The topological polar surface area (TPSA) is 44.4 Å². The molecule has 2 N–H and O–H groups in total. The van der Waals surface area contributed by atoms with Crippen LogP contribution in [0.4, 0.5) is 0 Å². The summed E-state index contributed by atoms with van der Waals surface area (Å²) < 4.78 is 0. The van der Waals surface area contributed by atoms with Gasteiger partial charge in [-0.2, -0.15) is 0 Å². The van der Waals surface area contributed by atoms with Gasteiger partial charge < -0.3 is 10.6 Å². The second-order valence-corrected chi connectivity index (χ2v) is 5.56. The van der Waals surface area contributed by atoms with E-state index in [1.165, 1.54) is 6.42 Å². The van der Waals surface area contributed by atoms with Crippen molar-refractivity contribution in [2.45, 2.75) is 31.8 Å². The van der Waals surface area contributed by atoms with Crippen LogP contribution < -0.4 is 10.6 Å². The lowest BCUT2D eigenvalue weighted by Crippen LogP contribution is -2.48. The molecule has 5 heteroatoms. The monoisotopic (exact) mass is 311 g/mol. The van der Waals surface area contributed by atoms with E-state index in [2.05, 4.69) is 15.5 Å². The number of hydrogen-bond acceptors (Lipinski definition) is 3. The molecule has 2 rings (SSSR count). The number of benzene rings is 1. The SMILES string of the molecule is CNC1CCCN(CC(=O)NC(C)c2ccccc2)C1.Cl. The van der Waals surface area contributed by atoms with Gasteiger partial charge in [-0.05, 0) is 38.9 Å². The molecule has 1 aliphatic rings. The molecule has 0 saturated carbocycles. The zero-order valence-electron chi connectivity index (χ0n) is 12.8. The van der Waals surface area contributed by atoms with E-state index in [-0.39, 0.29) is 24.4 Å². The van der Waals surface area contributed by atoms with Gasteiger partial charge in [-0.3, -0.25) is 9.69 Å². The van der Waals surface area contributed by atoms with Gasteiger partial charge >= 0.3 is 0 Å². The Bertz CT molecular complexity index is 427. The molecule has 0 aliphatic carbocycles. The summed E-state index contributed by atoms with van der Waals surface area (Å²) in [7, 11) is 1.99. The van der Waals surface area contributed by atoms with Crippen LogP contribution in [0.2, 0.25) is 0 Å². The van der Waals surface area contributed by atoms with Crippen LogP contribution in [0.5, 0.6) is 0 Å². The molecule has 1 saturated heterocycles. The Morgan fingerprint density at radius 3 is 2.76 bits per heavy atom. The maximum atomic E-state index is 12.1. The summed E-state index contributed by atoms with van der Waals surface area (Å²) in [4.78, 5) is 14.4. The average Bonchev–Trinajstić information content (AvgIpc) is 2.48. The third-order valence-corrected chi connectivity index (χ3v) is 3.96. The fraction of sp³-hybridized carbons (Fsp3) is 0.562. The van der Waals surface area contributed by atoms with Crippen molar-refractivity contribution < 1.29 is 4.79 Å². The van der Waals surface area contributed by atoms with Gasteiger partial charge in [0.15, 0.2) is 0 Å². The minimum atomic E-state index is 0. The molecule has 1 amide bonds. The predicted octanol–water partition coefficient (Wildman–Crippen LogP) is 1.97. The van der Waals surface area contributed by atoms with Crippen molar-refractivity contribution in [1.29, 1.82) is 0 Å². The van der Waals surface area contributed by atoms with Gasteiger partial charge in [0.2, 0.25) is 5.91 Å². The number of carbonyl (C=O) groups is 1. The van der Waals surface area contributed by atoms with Crippen LogP contribution >= 0.6 is 12.4 Å². The van der Waals surface area contributed by atoms with Crippen molar-refractivity contribution in [3.63, 3.8) is 0 Å². The smallest absolute Gasteiger partial charge is 0.234 e. The van der Waals surface area contributed by atoms with E-state index in [4.69, 9.17) is 0 Å². The molecule has 1 heterocycles. The molecule has 1 aromatic rings. The number of likely N-dealkylation sites (tertiary alicyclic amines) is 1. The molecule has 1 aliphatic heterocycles. The molecule has 2 atom stereocenters. The zero-order valence-corrected chi connectivity index (χ0v) is 13.7. The second kappa shape index (κ2) is 9.03. The maximum absolute atomic E-state index is 12.1. The summed E-state index contributed by atoms with van der Waals surface area (Å²) in [6.07, 6.45) is 2.36. The van der Waals surface area contributed by atoms with Crippen molar-refractivity contribution in [1.82, 2.24) is 15.5 Å². The first kappa shape index (κ1) is 18.0. The molecule has 1 aromatic carbocycles. The molecule has 0 bridgehead atoms. The molecule has 1 fully saturated rings. The van der Waals surface area contributed by atoms with Crippen LogP contribution in [0, 0.1) is 0 Å². The number of rotatable bonds is 5. The van der Waals surface area contributed by atoms with E-state index in [1.54, 1.807) is 0 Å². The molecule has 118 valence electrons. The third kappa shape index (κ3) is 5.65. The Labute approximate surface area is 133 Å². The lowest BCUT2D eigenvalue weighted by atomic mass is 10.1. The normalized spacial score (nSPS) is 20.4. The molecular formula is C16H26ClN3O. The number of amides is 1. The third-order valence-electron chi connectivity index (χ3n) is 3.96. The summed E-state index contributed by atoms with van der Waals surface area (Å²) in [6.45, 7) is 4.50. The van der Waals surface area contributed by atoms with Crippen LogP contribution in [0.25, 0.3) is 0 Å². The van der Waals surface area contributed by atoms with Crippen molar-refractivity contribution >= 4 is 18.3 Å². The average molecular weight is 312 g/mol. The lowest BCUT2D eigenvalue weighted by Gasteiger charge is -2.32. The number of likely N-dealkylation sites (N-methyl/N-ethyl adjacent to an activating group) is 1. The molecule has 0 spiro atoms. The molecule has 2 unspecified atom stereocenters. The molecule has 4 nitrogen and oxygen atoms in total. The number of piperidine rings is 1. The van der Waals surface area contributed by atoms with E-state index in [9.17, 15) is 4.79 Å². The largest absolute Gasteiger partial charge is 0.348 e. The Hall–Kier alpha value is -1.10. The van der Waals surface area contributed by atoms with Gasteiger partial charge in [-0.1, -0.05) is 30.3 Å². The van der Waals surface area contributed by atoms with E-state index in [1.807, 2.05) is 44.3 Å². The van der Waals surface area contributed by atoms with E-state index < -0.39 is 0 Å². The first-order valence-corrected chi connectivity index (χ1v) is 7.43. The fourth-order valence-corrected chi connectivity index (χ4v) is 2.75. The van der Waals surface area contributed by atoms with Gasteiger partial charge in [0, 0.05) is 12.6 Å². The minimum Gasteiger partial charge on any atom is -0.348 e. The number of hydrogen-bond donors (Lipinski definition) is 2. The Morgan fingerprint density at radius 1 is 1.38 bits per heavy atom.